The van der Waals surface area contributed by atoms with E-state index in [0.717, 1.165) is 28.3 Å². The maximum Gasteiger partial charge on any atom is 0.352 e. The molecule has 9 heteroatoms. The van der Waals surface area contributed by atoms with E-state index in [1.807, 2.05) is 6.07 Å². The number of allylic oxidation sites excluding steroid dienone is 1. The number of anilines is 1. The lowest BCUT2D eigenvalue weighted by molar-refractivity contribution is -0.132. The monoisotopic (exact) mass is 469 g/mol. The fourth-order valence-electron chi connectivity index (χ4n) is 2.89. The van der Waals surface area contributed by atoms with Crippen molar-refractivity contribution in [3.8, 4) is 11.3 Å². The predicted octanol–water partition coefficient (Wildman–Crippen LogP) is 6.82. The second-order valence-electron chi connectivity index (χ2n) is 7.07. The highest BCUT2D eigenvalue weighted by atomic mass is 35.5. The van der Waals surface area contributed by atoms with E-state index in [2.05, 4.69) is 24.1 Å². The van der Waals surface area contributed by atoms with E-state index < -0.39 is 5.97 Å². The van der Waals surface area contributed by atoms with Gasteiger partial charge >= 0.3 is 5.97 Å². The minimum atomic E-state index is -1.08. The number of rotatable bonds is 8. The fourth-order valence-corrected chi connectivity index (χ4v) is 5.63. The van der Waals surface area contributed by atoms with Crippen LogP contribution in [0.1, 0.15) is 33.6 Å². The van der Waals surface area contributed by atoms with Crippen molar-refractivity contribution in [2.75, 3.05) is 5.32 Å². The predicted molar refractivity (Wildman–Crippen MR) is 123 cm³/mol. The Hall–Kier alpha value is -1.54. The SMILES string of the molecule is CC(=N)/C(=C(\Nc1nc(-c2ccc(Cl)c(Cl)c2)c(SC(C)C)s1)C(=O)O)C1CC1. The summed E-state index contributed by atoms with van der Waals surface area (Å²) >= 11 is 15.3. The molecule has 1 aromatic heterocycles. The summed E-state index contributed by atoms with van der Waals surface area (Å²) in [4.78, 5) is 16.6. The number of aliphatic carboxylic acids is 1. The molecule has 3 N–H and O–H groups in total. The van der Waals surface area contributed by atoms with Crippen molar-refractivity contribution in [1.29, 1.82) is 5.41 Å². The number of carboxylic acid groups (broad SMARTS) is 1. The Kier molecular flexibility index (Phi) is 6.94. The minimum Gasteiger partial charge on any atom is -0.477 e. The number of benzene rings is 1. The van der Waals surface area contributed by atoms with Crippen LogP contribution in [0.2, 0.25) is 10.0 Å². The van der Waals surface area contributed by atoms with Gasteiger partial charge in [0.1, 0.15) is 5.70 Å². The number of aromatic nitrogens is 1. The average molecular weight is 470 g/mol. The van der Waals surface area contributed by atoms with E-state index in [1.54, 1.807) is 30.8 Å². The van der Waals surface area contributed by atoms with Crippen LogP contribution in [0.5, 0.6) is 0 Å². The number of hydrogen-bond acceptors (Lipinski definition) is 6. The first-order chi connectivity index (χ1) is 13.7. The molecular formula is C20H21Cl2N3O2S2. The molecule has 0 radical (unpaired) electrons. The molecule has 0 unspecified atom stereocenters. The van der Waals surface area contributed by atoms with Gasteiger partial charge in [0.05, 0.1) is 19.9 Å². The summed E-state index contributed by atoms with van der Waals surface area (Å²) in [6.07, 6.45) is 1.82. The van der Waals surface area contributed by atoms with Gasteiger partial charge in [-0.3, -0.25) is 0 Å². The van der Waals surface area contributed by atoms with E-state index in [9.17, 15) is 9.90 Å². The van der Waals surface area contributed by atoms with E-state index in [1.165, 1.54) is 11.3 Å². The Morgan fingerprint density at radius 3 is 2.55 bits per heavy atom. The van der Waals surface area contributed by atoms with Crippen LogP contribution in [-0.4, -0.2) is 27.0 Å². The standard InChI is InChI=1S/C20H21Cl2N3O2S2/c1-9(2)28-19-16(12-6-7-13(21)14(22)8-12)24-20(29-19)25-17(18(26)27)15(10(3)23)11-4-5-11/h6-9,11,23H,4-5H2,1-3H3,(H,24,25)(H,26,27)/b17-15+,23-10?. The lowest BCUT2D eigenvalue weighted by atomic mass is 10.0. The van der Waals surface area contributed by atoms with Gasteiger partial charge in [-0.05, 0) is 37.8 Å². The molecule has 3 rings (SSSR count). The maximum atomic E-state index is 11.9. The zero-order valence-corrected chi connectivity index (χ0v) is 19.3. The number of hydrogen-bond donors (Lipinski definition) is 3. The fraction of sp³-hybridized carbons (Fsp3) is 0.350. The number of nitrogens with zero attached hydrogens (tertiary/aromatic N) is 1. The molecule has 0 bridgehead atoms. The smallest absolute Gasteiger partial charge is 0.352 e. The molecule has 1 heterocycles. The van der Waals surface area contributed by atoms with Crippen molar-refractivity contribution in [2.45, 2.75) is 43.1 Å². The number of halogens is 2. The Labute approximate surface area is 188 Å². The van der Waals surface area contributed by atoms with Gasteiger partial charge in [0.25, 0.3) is 0 Å². The average Bonchev–Trinajstić information content (AvgIpc) is 3.37. The molecule has 1 aliphatic rings. The van der Waals surface area contributed by atoms with Gasteiger partial charge < -0.3 is 15.8 Å². The van der Waals surface area contributed by atoms with Crippen molar-refractivity contribution >= 4 is 63.1 Å². The van der Waals surface area contributed by atoms with Crippen molar-refractivity contribution in [2.24, 2.45) is 5.92 Å². The van der Waals surface area contributed by atoms with Gasteiger partial charge in [0.15, 0.2) is 5.13 Å². The molecule has 29 heavy (non-hydrogen) atoms. The van der Waals surface area contributed by atoms with Crippen LogP contribution >= 0.6 is 46.3 Å². The molecule has 0 amide bonds. The Bertz CT molecular complexity index is 998. The zero-order valence-electron chi connectivity index (χ0n) is 16.2. The van der Waals surface area contributed by atoms with Crippen LogP contribution in [0.15, 0.2) is 33.7 Å². The van der Waals surface area contributed by atoms with Crippen molar-refractivity contribution in [3.63, 3.8) is 0 Å². The molecule has 1 aliphatic carbocycles. The summed E-state index contributed by atoms with van der Waals surface area (Å²) < 4.78 is 0.963. The van der Waals surface area contributed by atoms with Crippen LogP contribution < -0.4 is 5.32 Å². The Morgan fingerprint density at radius 2 is 2.03 bits per heavy atom. The normalized spacial score (nSPS) is 14.7. The molecule has 0 atom stereocenters. The first-order valence-corrected chi connectivity index (χ1v) is 11.6. The van der Waals surface area contributed by atoms with Gasteiger partial charge in [-0.1, -0.05) is 54.5 Å². The lowest BCUT2D eigenvalue weighted by Gasteiger charge is -2.11. The summed E-state index contributed by atoms with van der Waals surface area (Å²) in [5, 5.41) is 22.5. The molecule has 0 spiro atoms. The molecule has 0 aliphatic heterocycles. The van der Waals surface area contributed by atoms with Gasteiger partial charge in [-0.2, -0.15) is 0 Å². The van der Waals surface area contributed by atoms with Crippen molar-refractivity contribution in [3.05, 3.63) is 39.5 Å². The van der Waals surface area contributed by atoms with E-state index >= 15 is 0 Å². The summed E-state index contributed by atoms with van der Waals surface area (Å²) in [6, 6.07) is 5.34. The molecule has 2 aromatic rings. The van der Waals surface area contributed by atoms with E-state index in [-0.39, 0.29) is 17.3 Å². The second kappa shape index (κ2) is 9.08. The quantitative estimate of drug-likeness (QED) is 0.224. The molecule has 1 saturated carbocycles. The number of thioether (sulfide) groups is 1. The molecule has 1 fully saturated rings. The lowest BCUT2D eigenvalue weighted by Crippen LogP contribution is -2.17. The van der Waals surface area contributed by atoms with Crippen LogP contribution in [0.25, 0.3) is 11.3 Å². The van der Waals surface area contributed by atoms with Gasteiger partial charge in [-0.15, -0.1) is 11.8 Å². The van der Waals surface area contributed by atoms with Gasteiger partial charge in [0.2, 0.25) is 0 Å². The van der Waals surface area contributed by atoms with Crippen LogP contribution in [0.3, 0.4) is 0 Å². The number of thiazole rings is 1. The van der Waals surface area contributed by atoms with E-state index in [0.29, 0.717) is 26.0 Å². The Morgan fingerprint density at radius 1 is 1.34 bits per heavy atom. The molecule has 1 aromatic carbocycles. The second-order valence-corrected chi connectivity index (χ2v) is 10.7. The number of carboxylic acids is 1. The number of carbonyl (C=O) groups is 1. The summed E-state index contributed by atoms with van der Waals surface area (Å²) in [7, 11) is 0. The molecular weight excluding hydrogens is 449 g/mol. The highest BCUT2D eigenvalue weighted by molar-refractivity contribution is 8.01. The van der Waals surface area contributed by atoms with Crippen LogP contribution in [0.4, 0.5) is 5.13 Å². The first-order valence-electron chi connectivity index (χ1n) is 9.10. The number of nitrogens with one attached hydrogen (secondary N) is 2. The van der Waals surface area contributed by atoms with Crippen molar-refractivity contribution < 1.29 is 9.90 Å². The third kappa shape index (κ3) is 5.34. The van der Waals surface area contributed by atoms with Crippen molar-refractivity contribution in [1.82, 2.24) is 4.98 Å². The summed E-state index contributed by atoms with van der Waals surface area (Å²) in [6.45, 7) is 5.80. The third-order valence-electron chi connectivity index (χ3n) is 4.24. The zero-order chi connectivity index (χ0) is 21.3. The minimum absolute atomic E-state index is 0.0375. The van der Waals surface area contributed by atoms with E-state index in [4.69, 9.17) is 28.6 Å². The summed E-state index contributed by atoms with van der Waals surface area (Å²) in [5.41, 5.74) is 2.42. The first kappa shape index (κ1) is 22.2. The molecule has 154 valence electrons. The Balaban J connectivity index is 2.04. The largest absolute Gasteiger partial charge is 0.477 e. The third-order valence-corrected chi connectivity index (χ3v) is 7.16. The topological polar surface area (TPSA) is 86.1 Å². The highest BCUT2D eigenvalue weighted by Crippen LogP contribution is 2.43. The van der Waals surface area contributed by atoms with Crippen LogP contribution in [-0.2, 0) is 4.79 Å². The highest BCUT2D eigenvalue weighted by Gasteiger charge is 2.32. The van der Waals surface area contributed by atoms with Gasteiger partial charge in [0, 0.05) is 22.1 Å². The maximum absolute atomic E-state index is 11.9. The molecule has 5 nitrogen and oxygen atoms in total. The molecule has 0 saturated heterocycles. The van der Waals surface area contributed by atoms with Crippen LogP contribution in [0, 0.1) is 11.3 Å². The summed E-state index contributed by atoms with van der Waals surface area (Å²) in [5.74, 6) is -0.951. The van der Waals surface area contributed by atoms with Gasteiger partial charge in [-0.25, -0.2) is 9.78 Å².